The fourth-order valence-electron chi connectivity index (χ4n) is 5.44. The molecule has 0 aromatic heterocycles. The first-order valence-corrected chi connectivity index (χ1v) is 17.4. The highest BCUT2D eigenvalue weighted by atomic mass is 28.4. The molecule has 2 aromatic rings. The molecule has 0 saturated carbocycles. The van der Waals surface area contributed by atoms with Crippen molar-refractivity contribution < 1.29 is 28.1 Å². The van der Waals surface area contributed by atoms with E-state index in [4.69, 9.17) is 28.1 Å². The van der Waals surface area contributed by atoms with Crippen LogP contribution in [0.5, 0.6) is 0 Å². The van der Waals surface area contributed by atoms with Gasteiger partial charge in [-0.1, -0.05) is 81.4 Å². The highest BCUT2D eigenvalue weighted by Crippen LogP contribution is 2.52. The standard InChI is InChI=1S/C32H46O6Si/c1-30(2,3)39(5,6)35-23-28-31(4,37-28)29-27(34-21-25-15-11-8-12-16-25)19-32(38-29)18-17-26(36-32)22-33-20-24-13-9-7-10-14-24/h7-16,26-29H,17-23H2,1-6H3/t26-,27+,28-,29-,31-,32-/m1/s1. The van der Waals surface area contributed by atoms with Crippen LogP contribution in [-0.4, -0.2) is 57.3 Å². The third-order valence-electron chi connectivity index (χ3n) is 9.09. The van der Waals surface area contributed by atoms with Crippen LogP contribution in [0.3, 0.4) is 0 Å². The Morgan fingerprint density at radius 2 is 1.51 bits per heavy atom. The zero-order valence-electron chi connectivity index (χ0n) is 24.5. The van der Waals surface area contributed by atoms with Crippen LogP contribution in [0.2, 0.25) is 18.1 Å². The Kier molecular flexibility index (Phi) is 8.42. The molecule has 6 atom stereocenters. The zero-order chi connectivity index (χ0) is 27.7. The summed E-state index contributed by atoms with van der Waals surface area (Å²) in [5.74, 6) is -0.660. The van der Waals surface area contributed by atoms with Gasteiger partial charge in [0.05, 0.1) is 38.6 Å². The van der Waals surface area contributed by atoms with E-state index in [1.807, 2.05) is 36.4 Å². The molecule has 0 amide bonds. The van der Waals surface area contributed by atoms with E-state index in [1.165, 1.54) is 5.56 Å². The van der Waals surface area contributed by atoms with E-state index < -0.39 is 19.7 Å². The summed E-state index contributed by atoms with van der Waals surface area (Å²) in [7, 11) is -1.88. The number of benzene rings is 2. The highest BCUT2D eigenvalue weighted by Gasteiger charge is 2.67. The second-order valence-electron chi connectivity index (χ2n) is 13.1. The normalized spacial score (nSPS) is 32.7. The summed E-state index contributed by atoms with van der Waals surface area (Å²) in [6.45, 7) is 15.8. The summed E-state index contributed by atoms with van der Waals surface area (Å²) in [6.07, 6.45) is 2.07. The molecule has 1 spiro atoms. The summed E-state index contributed by atoms with van der Waals surface area (Å²) in [6, 6.07) is 20.6. The van der Waals surface area contributed by atoms with Gasteiger partial charge in [0.15, 0.2) is 14.1 Å². The maximum absolute atomic E-state index is 6.79. The molecule has 3 saturated heterocycles. The van der Waals surface area contributed by atoms with E-state index in [9.17, 15) is 0 Å². The molecule has 0 unspecified atom stereocenters. The van der Waals surface area contributed by atoms with E-state index >= 15 is 0 Å². The lowest BCUT2D eigenvalue weighted by Crippen LogP contribution is -2.44. The largest absolute Gasteiger partial charge is 0.414 e. The lowest BCUT2D eigenvalue weighted by molar-refractivity contribution is -0.230. The molecule has 214 valence electrons. The first kappa shape index (κ1) is 28.9. The van der Waals surface area contributed by atoms with Gasteiger partial charge in [0, 0.05) is 12.8 Å². The van der Waals surface area contributed by atoms with Gasteiger partial charge in [-0.15, -0.1) is 0 Å². The van der Waals surface area contributed by atoms with Crippen molar-refractivity contribution in [1.29, 1.82) is 0 Å². The van der Waals surface area contributed by atoms with Crippen molar-refractivity contribution in [3.05, 3.63) is 71.8 Å². The fraction of sp³-hybridized carbons (Fsp3) is 0.625. The summed E-state index contributed by atoms with van der Waals surface area (Å²) in [5, 5.41) is 0.156. The smallest absolute Gasteiger partial charge is 0.192 e. The van der Waals surface area contributed by atoms with Crippen LogP contribution in [0, 0.1) is 0 Å². The van der Waals surface area contributed by atoms with Crippen LogP contribution >= 0.6 is 0 Å². The maximum Gasteiger partial charge on any atom is 0.192 e. The van der Waals surface area contributed by atoms with E-state index in [-0.39, 0.29) is 29.5 Å². The Labute approximate surface area is 235 Å². The molecule has 3 aliphatic heterocycles. The fourth-order valence-corrected chi connectivity index (χ4v) is 6.44. The van der Waals surface area contributed by atoms with Crippen molar-refractivity contribution in [2.24, 2.45) is 0 Å². The average molecular weight is 555 g/mol. The Balaban J connectivity index is 1.22. The molecular formula is C32H46O6Si. The zero-order valence-corrected chi connectivity index (χ0v) is 25.5. The Bertz CT molecular complexity index is 1070. The topological polar surface area (TPSA) is 58.7 Å². The van der Waals surface area contributed by atoms with Gasteiger partial charge in [-0.3, -0.25) is 0 Å². The third-order valence-corrected chi connectivity index (χ3v) is 13.6. The SMILES string of the molecule is CC(C)(C)[Si](C)(C)OC[C@H]1O[C@@]1(C)[C@@H]1O[C@]2(CC[C@H](COCc3ccccc3)O2)C[C@@H]1OCc1ccccc1. The molecule has 0 bridgehead atoms. The number of hydrogen-bond donors (Lipinski definition) is 0. The minimum absolute atomic E-state index is 0.00729. The molecule has 7 heteroatoms. The first-order chi connectivity index (χ1) is 18.5. The predicted molar refractivity (Wildman–Crippen MR) is 154 cm³/mol. The second-order valence-corrected chi connectivity index (χ2v) is 17.9. The molecule has 6 nitrogen and oxygen atoms in total. The molecule has 5 rings (SSSR count). The number of hydrogen-bond acceptors (Lipinski definition) is 6. The van der Waals surface area contributed by atoms with Crippen LogP contribution in [0.15, 0.2) is 60.7 Å². The van der Waals surface area contributed by atoms with Gasteiger partial charge in [-0.05, 0) is 42.6 Å². The molecule has 3 fully saturated rings. The van der Waals surface area contributed by atoms with Crippen LogP contribution in [0.1, 0.15) is 58.1 Å². The van der Waals surface area contributed by atoms with Crippen molar-refractivity contribution in [1.82, 2.24) is 0 Å². The van der Waals surface area contributed by atoms with Crippen molar-refractivity contribution in [3.8, 4) is 0 Å². The first-order valence-electron chi connectivity index (χ1n) is 14.4. The molecule has 2 aromatic carbocycles. The summed E-state index contributed by atoms with van der Waals surface area (Å²) < 4.78 is 38.7. The Hall–Kier alpha value is -1.58. The molecule has 0 N–H and O–H groups in total. The molecule has 39 heavy (non-hydrogen) atoms. The van der Waals surface area contributed by atoms with Crippen molar-refractivity contribution in [2.45, 2.75) is 114 Å². The van der Waals surface area contributed by atoms with Crippen molar-refractivity contribution in [3.63, 3.8) is 0 Å². The third kappa shape index (κ3) is 6.67. The van der Waals surface area contributed by atoms with Gasteiger partial charge < -0.3 is 28.1 Å². The average Bonchev–Trinajstić information content (AvgIpc) is 3.22. The Morgan fingerprint density at radius 3 is 2.15 bits per heavy atom. The number of epoxide rings is 1. The number of rotatable bonds is 11. The highest BCUT2D eigenvalue weighted by molar-refractivity contribution is 6.74. The van der Waals surface area contributed by atoms with E-state index in [2.05, 4.69) is 65.1 Å². The van der Waals surface area contributed by atoms with Gasteiger partial charge >= 0.3 is 0 Å². The summed E-state index contributed by atoms with van der Waals surface area (Å²) in [5.41, 5.74) is 1.86. The molecule has 3 heterocycles. The molecular weight excluding hydrogens is 508 g/mol. The summed E-state index contributed by atoms with van der Waals surface area (Å²) in [4.78, 5) is 0. The van der Waals surface area contributed by atoms with Gasteiger partial charge in [-0.25, -0.2) is 0 Å². The lowest BCUT2D eigenvalue weighted by atomic mass is 9.95. The molecule has 3 aliphatic rings. The van der Waals surface area contributed by atoms with E-state index in [0.29, 0.717) is 32.8 Å². The Morgan fingerprint density at radius 1 is 0.872 bits per heavy atom. The minimum Gasteiger partial charge on any atom is -0.414 e. The molecule has 0 aliphatic carbocycles. The van der Waals surface area contributed by atoms with Crippen LogP contribution in [0.4, 0.5) is 0 Å². The lowest BCUT2D eigenvalue weighted by Gasteiger charge is -2.36. The van der Waals surface area contributed by atoms with Crippen LogP contribution in [0.25, 0.3) is 0 Å². The van der Waals surface area contributed by atoms with Crippen molar-refractivity contribution >= 4 is 8.32 Å². The minimum atomic E-state index is -1.88. The van der Waals surface area contributed by atoms with E-state index in [0.717, 1.165) is 18.4 Å². The van der Waals surface area contributed by atoms with Crippen LogP contribution < -0.4 is 0 Å². The summed E-state index contributed by atoms with van der Waals surface area (Å²) >= 11 is 0. The van der Waals surface area contributed by atoms with Gasteiger partial charge in [0.2, 0.25) is 0 Å². The quantitative estimate of drug-likeness (QED) is 0.229. The van der Waals surface area contributed by atoms with Crippen LogP contribution in [-0.2, 0) is 41.3 Å². The monoisotopic (exact) mass is 554 g/mol. The maximum atomic E-state index is 6.79. The second kappa shape index (κ2) is 11.4. The van der Waals surface area contributed by atoms with Gasteiger partial charge in [0.25, 0.3) is 0 Å². The number of ether oxygens (including phenoxy) is 5. The predicted octanol–water partition coefficient (Wildman–Crippen LogP) is 6.63. The molecule has 0 radical (unpaired) electrons. The van der Waals surface area contributed by atoms with Crippen molar-refractivity contribution in [2.75, 3.05) is 13.2 Å². The van der Waals surface area contributed by atoms with Gasteiger partial charge in [-0.2, -0.15) is 0 Å². The van der Waals surface area contributed by atoms with Gasteiger partial charge in [0.1, 0.15) is 17.8 Å². The van der Waals surface area contributed by atoms with E-state index in [1.54, 1.807) is 0 Å².